The van der Waals surface area contributed by atoms with E-state index < -0.39 is 11.9 Å². The van der Waals surface area contributed by atoms with Gasteiger partial charge in [0.15, 0.2) is 11.5 Å². The number of carboxylic acids is 1. The number of likely N-dealkylation sites (tertiary alicyclic amines) is 1. The van der Waals surface area contributed by atoms with E-state index in [0.29, 0.717) is 12.3 Å². The lowest BCUT2D eigenvalue weighted by atomic mass is 9.82. The third-order valence-corrected chi connectivity index (χ3v) is 6.46. The largest absolute Gasteiger partial charge is 0.497 e. The average molecular weight is 426 g/mol. The van der Waals surface area contributed by atoms with Crippen LogP contribution in [0.1, 0.15) is 55.7 Å². The number of fused-ring (bicyclic) bond motifs is 1. The molecule has 1 fully saturated rings. The molecular weight excluding hydrogens is 394 g/mol. The molecule has 1 saturated heterocycles. The van der Waals surface area contributed by atoms with Gasteiger partial charge in [-0.15, -0.1) is 0 Å². The number of carboxylic acid groups (broad SMARTS) is 1. The second-order valence-corrected chi connectivity index (χ2v) is 8.36. The Bertz CT molecular complexity index is 897. The van der Waals surface area contributed by atoms with Crippen molar-refractivity contribution in [2.24, 2.45) is 5.92 Å². The molecule has 6 nitrogen and oxygen atoms in total. The van der Waals surface area contributed by atoms with Gasteiger partial charge in [0.2, 0.25) is 6.79 Å². The monoisotopic (exact) mass is 425 g/mol. The van der Waals surface area contributed by atoms with Crippen LogP contribution in [-0.4, -0.2) is 43.0 Å². The highest BCUT2D eigenvalue weighted by Gasteiger charge is 2.47. The summed E-state index contributed by atoms with van der Waals surface area (Å²) in [5.74, 6) is 0.765. The van der Waals surface area contributed by atoms with Gasteiger partial charge in [0.1, 0.15) is 5.75 Å². The molecule has 2 aromatic carbocycles. The Morgan fingerprint density at radius 1 is 1.06 bits per heavy atom. The van der Waals surface area contributed by atoms with E-state index in [1.807, 2.05) is 42.5 Å². The van der Waals surface area contributed by atoms with Crippen molar-refractivity contribution in [3.05, 3.63) is 53.6 Å². The van der Waals surface area contributed by atoms with Crippen molar-refractivity contribution in [2.75, 3.05) is 27.0 Å². The Kier molecular flexibility index (Phi) is 6.66. The number of methoxy groups -OCH3 is 1. The van der Waals surface area contributed by atoms with E-state index in [1.165, 1.54) is 12.8 Å². The van der Waals surface area contributed by atoms with Crippen molar-refractivity contribution in [2.45, 2.75) is 44.6 Å². The number of carbonyl (C=O) groups is 1. The van der Waals surface area contributed by atoms with Crippen LogP contribution in [0.5, 0.6) is 17.2 Å². The lowest BCUT2D eigenvalue weighted by molar-refractivity contribution is -0.143. The Balaban J connectivity index is 1.66. The summed E-state index contributed by atoms with van der Waals surface area (Å²) in [7, 11) is 1.64. The van der Waals surface area contributed by atoms with Gasteiger partial charge < -0.3 is 19.3 Å². The predicted molar refractivity (Wildman–Crippen MR) is 118 cm³/mol. The molecule has 0 amide bonds. The number of nitrogens with zero attached hydrogens (tertiary/aromatic N) is 1. The molecule has 166 valence electrons. The molecular formula is C25H31NO5. The van der Waals surface area contributed by atoms with E-state index in [-0.39, 0.29) is 18.8 Å². The molecule has 0 bridgehead atoms. The van der Waals surface area contributed by atoms with Crippen LogP contribution in [0.15, 0.2) is 42.5 Å². The molecule has 1 N–H and O–H groups in total. The number of hydrogen-bond acceptors (Lipinski definition) is 5. The number of benzene rings is 2. The summed E-state index contributed by atoms with van der Waals surface area (Å²) < 4.78 is 16.3. The molecule has 6 heteroatoms. The molecule has 0 saturated carbocycles. The molecule has 0 radical (unpaired) electrons. The molecule has 2 aromatic rings. The fourth-order valence-corrected chi connectivity index (χ4v) is 4.88. The smallest absolute Gasteiger partial charge is 0.309 e. The Morgan fingerprint density at radius 2 is 1.81 bits per heavy atom. The summed E-state index contributed by atoms with van der Waals surface area (Å²) in [5, 5.41) is 10.3. The first-order valence-electron chi connectivity index (χ1n) is 11.1. The third kappa shape index (κ3) is 4.49. The highest BCUT2D eigenvalue weighted by Crippen LogP contribution is 2.47. The number of hydrogen-bond donors (Lipinski definition) is 1. The van der Waals surface area contributed by atoms with Crippen molar-refractivity contribution < 1.29 is 24.1 Å². The zero-order valence-electron chi connectivity index (χ0n) is 18.3. The topological polar surface area (TPSA) is 68.2 Å². The standard InChI is InChI=1S/C25H31NO5/c1-3-4-5-6-13-26-15-20(18-9-12-21-22(14-18)31-16-30-21)23(25(27)28)24(26)17-7-10-19(29-2)11-8-17/h7-12,14,20,23-24H,3-6,13,15-16H2,1-2H3,(H,27,28)/t20-,23+,24-/m1/s1. The molecule has 2 heterocycles. The summed E-state index contributed by atoms with van der Waals surface area (Å²) in [6.45, 7) is 4.01. The lowest BCUT2D eigenvalue weighted by Crippen LogP contribution is -2.29. The van der Waals surface area contributed by atoms with Crippen LogP contribution in [0.25, 0.3) is 0 Å². The first-order chi connectivity index (χ1) is 15.1. The van der Waals surface area contributed by atoms with E-state index in [1.54, 1.807) is 7.11 Å². The number of ether oxygens (including phenoxy) is 3. The first-order valence-corrected chi connectivity index (χ1v) is 11.1. The van der Waals surface area contributed by atoms with Crippen LogP contribution in [0.2, 0.25) is 0 Å². The maximum absolute atomic E-state index is 12.5. The summed E-state index contributed by atoms with van der Waals surface area (Å²) in [6, 6.07) is 13.5. The molecule has 3 atom stereocenters. The second-order valence-electron chi connectivity index (χ2n) is 8.36. The van der Waals surface area contributed by atoms with E-state index in [0.717, 1.165) is 42.0 Å². The third-order valence-electron chi connectivity index (χ3n) is 6.46. The maximum Gasteiger partial charge on any atom is 0.309 e. The summed E-state index contributed by atoms with van der Waals surface area (Å²) in [5.41, 5.74) is 2.01. The molecule has 2 aliphatic heterocycles. The minimum atomic E-state index is -0.764. The highest BCUT2D eigenvalue weighted by molar-refractivity contribution is 5.74. The fourth-order valence-electron chi connectivity index (χ4n) is 4.88. The van der Waals surface area contributed by atoms with Gasteiger partial charge in [-0.3, -0.25) is 9.69 Å². The first kappa shape index (κ1) is 21.5. The molecule has 4 rings (SSSR count). The van der Waals surface area contributed by atoms with Crippen LogP contribution < -0.4 is 14.2 Å². The average Bonchev–Trinajstić information content (AvgIpc) is 3.41. The van der Waals surface area contributed by atoms with E-state index in [2.05, 4.69) is 11.8 Å². The highest BCUT2D eigenvalue weighted by atomic mass is 16.7. The van der Waals surface area contributed by atoms with Gasteiger partial charge in [-0.1, -0.05) is 44.4 Å². The van der Waals surface area contributed by atoms with E-state index >= 15 is 0 Å². The van der Waals surface area contributed by atoms with E-state index in [4.69, 9.17) is 14.2 Å². The van der Waals surface area contributed by atoms with Crippen LogP contribution in [0, 0.1) is 5.92 Å². The number of unbranched alkanes of at least 4 members (excludes halogenated alkanes) is 3. The minimum Gasteiger partial charge on any atom is -0.497 e. The van der Waals surface area contributed by atoms with Gasteiger partial charge in [0.05, 0.1) is 13.0 Å². The fraction of sp³-hybridized carbons (Fsp3) is 0.480. The molecule has 31 heavy (non-hydrogen) atoms. The van der Waals surface area contributed by atoms with Gasteiger partial charge in [-0.05, 0) is 48.4 Å². The van der Waals surface area contributed by atoms with Crippen molar-refractivity contribution in [1.82, 2.24) is 4.90 Å². The zero-order valence-corrected chi connectivity index (χ0v) is 18.3. The van der Waals surface area contributed by atoms with Gasteiger partial charge in [0.25, 0.3) is 0 Å². The van der Waals surface area contributed by atoms with Crippen LogP contribution in [0.4, 0.5) is 0 Å². The summed E-state index contributed by atoms with van der Waals surface area (Å²) >= 11 is 0. The predicted octanol–water partition coefficient (Wildman–Crippen LogP) is 4.85. The van der Waals surface area contributed by atoms with Gasteiger partial charge in [-0.25, -0.2) is 0 Å². The van der Waals surface area contributed by atoms with Crippen molar-refractivity contribution in [1.29, 1.82) is 0 Å². The number of aliphatic carboxylic acids is 1. The Labute approximate surface area is 183 Å². The quantitative estimate of drug-likeness (QED) is 0.580. The molecule has 0 spiro atoms. The molecule has 0 aromatic heterocycles. The molecule has 0 unspecified atom stereocenters. The second kappa shape index (κ2) is 9.60. The van der Waals surface area contributed by atoms with Gasteiger partial charge >= 0.3 is 5.97 Å². The normalized spacial score (nSPS) is 22.6. The maximum atomic E-state index is 12.5. The van der Waals surface area contributed by atoms with Crippen LogP contribution >= 0.6 is 0 Å². The van der Waals surface area contributed by atoms with Gasteiger partial charge in [-0.2, -0.15) is 0 Å². The molecule has 2 aliphatic rings. The Morgan fingerprint density at radius 3 is 2.52 bits per heavy atom. The van der Waals surface area contributed by atoms with Crippen molar-refractivity contribution in [3.8, 4) is 17.2 Å². The summed E-state index contributed by atoms with van der Waals surface area (Å²) in [6.07, 6.45) is 4.62. The SMILES string of the molecule is CCCCCCN1C[C@H](c2ccc3c(c2)OCO3)[C@H](C(=O)O)[C@H]1c1ccc(OC)cc1. The van der Waals surface area contributed by atoms with Crippen molar-refractivity contribution >= 4 is 5.97 Å². The van der Waals surface area contributed by atoms with Gasteiger partial charge in [0, 0.05) is 18.5 Å². The van der Waals surface area contributed by atoms with E-state index in [9.17, 15) is 9.90 Å². The lowest BCUT2D eigenvalue weighted by Gasteiger charge is -2.27. The zero-order chi connectivity index (χ0) is 21.8. The van der Waals surface area contributed by atoms with Crippen LogP contribution in [-0.2, 0) is 4.79 Å². The summed E-state index contributed by atoms with van der Waals surface area (Å²) in [4.78, 5) is 14.9. The van der Waals surface area contributed by atoms with Crippen molar-refractivity contribution in [3.63, 3.8) is 0 Å². The Hall–Kier alpha value is -2.73. The molecule has 0 aliphatic carbocycles. The van der Waals surface area contributed by atoms with Crippen LogP contribution in [0.3, 0.4) is 0 Å². The number of rotatable bonds is 9. The minimum absolute atomic E-state index is 0.120.